The monoisotopic (exact) mass is 884 g/mol. The Morgan fingerprint density at radius 3 is 1.69 bits per heavy atom. The fraction of sp³-hybridized carbons (Fsp3) is 0.320. The van der Waals surface area contributed by atoms with E-state index in [9.17, 15) is 0 Å². The maximum Gasteiger partial charge on any atom is -0.147 e. The molecule has 4 aliphatic carbocycles. The van der Waals surface area contributed by atoms with Crippen molar-refractivity contribution < 1.29 is 19.3 Å². The normalized spacial score (nSPS) is 18.6. The van der Waals surface area contributed by atoms with Gasteiger partial charge in [-0.1, -0.05) is 0 Å². The zero-order valence-electron chi connectivity index (χ0n) is 33.7. The van der Waals surface area contributed by atoms with Gasteiger partial charge in [0.2, 0.25) is 0 Å². The van der Waals surface area contributed by atoms with E-state index in [0.717, 1.165) is 29.3 Å². The third-order valence-corrected chi connectivity index (χ3v) is 25.7. The van der Waals surface area contributed by atoms with E-state index in [1.807, 2.05) is 24.3 Å². The summed E-state index contributed by atoms with van der Waals surface area (Å²) in [6.45, 7) is 21.6. The molecule has 0 radical (unpaired) electrons. The standard InChI is InChI=1S/C27H29.C9H13.2C7H5Cl.2ClH.Zr/c1-16-7-9-26(3,4)24-12-18-11-19-13-25-21(17(2)8-10-27(25,5)6)15-23(19)22(18)14-20(16)24;1-9(2,3)8-6-4-5-7-8;2*1-6-2-4-7(8)5-3-6;;;/h7-9,12-15H,10-11H2,1-6H3;6-7H,4H2,1-3H3;2*1-5H;2*1H;. The van der Waals surface area contributed by atoms with Gasteiger partial charge >= 0.3 is 334 Å². The van der Waals surface area contributed by atoms with Gasteiger partial charge in [0, 0.05) is 0 Å². The molecule has 0 spiro atoms. The van der Waals surface area contributed by atoms with Gasteiger partial charge < -0.3 is 0 Å². The van der Waals surface area contributed by atoms with Crippen LogP contribution in [0.3, 0.4) is 0 Å². The number of hydrogen-bond acceptors (Lipinski definition) is 0. The van der Waals surface area contributed by atoms with E-state index in [-0.39, 0.29) is 41.1 Å². The van der Waals surface area contributed by atoms with Gasteiger partial charge in [-0.15, -0.1) is 24.8 Å². The zero-order chi connectivity index (χ0) is 37.7. The number of fused-ring (bicyclic) bond motifs is 5. The molecule has 0 bridgehead atoms. The Bertz CT molecular complexity index is 2390. The van der Waals surface area contributed by atoms with Crippen molar-refractivity contribution in [3.8, 4) is 11.1 Å². The van der Waals surface area contributed by atoms with Crippen LogP contribution >= 0.6 is 48.0 Å². The van der Waals surface area contributed by atoms with Crippen molar-refractivity contribution in [1.82, 2.24) is 0 Å². The molecule has 1 atom stereocenters. The molecule has 0 nitrogen and oxygen atoms in total. The molecule has 0 heterocycles. The van der Waals surface area contributed by atoms with Crippen molar-refractivity contribution in [2.24, 2.45) is 5.41 Å². The van der Waals surface area contributed by atoms with Crippen molar-refractivity contribution in [2.45, 2.75) is 96.0 Å². The van der Waals surface area contributed by atoms with E-state index in [1.165, 1.54) is 72.4 Å². The van der Waals surface area contributed by atoms with Crippen LogP contribution in [-0.2, 0) is 36.5 Å². The van der Waals surface area contributed by atoms with E-state index in [1.54, 1.807) is 3.28 Å². The summed E-state index contributed by atoms with van der Waals surface area (Å²) in [4.78, 5) is 0. The molecule has 4 aliphatic rings. The Hall–Kier alpha value is -2.38. The molecule has 0 N–H and O–H groups in total. The number of halogens is 4. The predicted molar refractivity (Wildman–Crippen MR) is 244 cm³/mol. The van der Waals surface area contributed by atoms with E-state index in [2.05, 4.69) is 143 Å². The Kier molecular flexibility index (Phi) is 11.6. The molecular weight excluding hydrogens is 834 g/mol. The Balaban J connectivity index is 0.00000257. The van der Waals surface area contributed by atoms with Crippen LogP contribution in [0.25, 0.3) is 22.3 Å². The van der Waals surface area contributed by atoms with E-state index >= 15 is 0 Å². The second kappa shape index (κ2) is 15.1. The van der Waals surface area contributed by atoms with Crippen LogP contribution in [0.2, 0.25) is 13.7 Å². The van der Waals surface area contributed by atoms with Crippen LogP contribution in [0.5, 0.6) is 0 Å². The zero-order valence-corrected chi connectivity index (χ0v) is 39.3. The first kappa shape index (κ1) is 42.2. The van der Waals surface area contributed by atoms with Crippen molar-refractivity contribution in [2.75, 3.05) is 0 Å². The van der Waals surface area contributed by atoms with Gasteiger partial charge in [0.25, 0.3) is 0 Å². The van der Waals surface area contributed by atoms with Crippen molar-refractivity contribution in [3.05, 3.63) is 161 Å². The van der Waals surface area contributed by atoms with Gasteiger partial charge in [0.1, 0.15) is 0 Å². The quantitative estimate of drug-likeness (QED) is 0.169. The molecule has 55 heavy (non-hydrogen) atoms. The van der Waals surface area contributed by atoms with Gasteiger partial charge in [-0.2, -0.15) is 0 Å². The van der Waals surface area contributed by atoms with Crippen molar-refractivity contribution in [3.63, 3.8) is 0 Å². The number of allylic oxidation sites excluding steroid dienone is 8. The number of rotatable bonds is 4. The molecule has 4 aromatic carbocycles. The maximum atomic E-state index is 6.48. The van der Waals surface area contributed by atoms with E-state index in [0.29, 0.717) is 3.63 Å². The van der Waals surface area contributed by atoms with Gasteiger partial charge in [-0.25, -0.2) is 0 Å². The van der Waals surface area contributed by atoms with Gasteiger partial charge in [-0.05, 0) is 0 Å². The van der Waals surface area contributed by atoms with Gasteiger partial charge in [-0.3, -0.25) is 0 Å². The fourth-order valence-corrected chi connectivity index (χ4v) is 23.4. The summed E-state index contributed by atoms with van der Waals surface area (Å²) in [6.07, 6.45) is 13.3. The molecule has 0 aromatic heterocycles. The van der Waals surface area contributed by atoms with Crippen LogP contribution in [0.1, 0.15) is 120 Å². The van der Waals surface area contributed by atoms with E-state index < -0.39 is 19.3 Å². The smallest absolute Gasteiger partial charge is 0.147 e. The van der Waals surface area contributed by atoms with E-state index in [4.69, 9.17) is 23.2 Å². The molecule has 286 valence electrons. The Morgan fingerprint density at radius 2 is 1.18 bits per heavy atom. The molecule has 5 heteroatoms. The second-order valence-corrected chi connectivity index (χ2v) is 28.4. The first-order valence-electron chi connectivity index (χ1n) is 19.3. The Labute approximate surface area is 356 Å². The topological polar surface area (TPSA) is 0 Å². The summed E-state index contributed by atoms with van der Waals surface area (Å²) < 4.78 is 7.43. The van der Waals surface area contributed by atoms with Crippen molar-refractivity contribution in [1.29, 1.82) is 0 Å². The number of hydrogen-bond donors (Lipinski definition) is 0. The van der Waals surface area contributed by atoms with Crippen LogP contribution in [0.15, 0.2) is 106 Å². The van der Waals surface area contributed by atoms with Crippen molar-refractivity contribution >= 4 is 66.6 Å². The first-order chi connectivity index (χ1) is 25.0. The third kappa shape index (κ3) is 7.45. The summed E-state index contributed by atoms with van der Waals surface area (Å²) in [7, 11) is 0. The average Bonchev–Trinajstić information content (AvgIpc) is 3.75. The van der Waals surface area contributed by atoms with Crippen LogP contribution in [-0.4, -0.2) is 7.42 Å². The molecule has 1 unspecified atom stereocenters. The molecule has 4 aromatic rings. The van der Waals surface area contributed by atoms with Crippen LogP contribution in [0, 0.1) is 5.41 Å². The average molecular weight is 888 g/mol. The summed E-state index contributed by atoms with van der Waals surface area (Å²) in [5.41, 5.74) is 18.5. The minimum absolute atomic E-state index is 0. The summed E-state index contributed by atoms with van der Waals surface area (Å²) >= 11 is 9.14. The summed E-state index contributed by atoms with van der Waals surface area (Å²) in [5, 5.41) is 1.55. The summed E-state index contributed by atoms with van der Waals surface area (Å²) in [6, 6.07) is 27.3. The minimum atomic E-state index is -3.83. The molecule has 0 amide bonds. The third-order valence-electron chi connectivity index (χ3n) is 12.9. The maximum absolute atomic E-state index is 6.48. The molecule has 8 rings (SSSR count). The summed E-state index contributed by atoms with van der Waals surface area (Å²) in [5.74, 6) is 0. The van der Waals surface area contributed by atoms with Gasteiger partial charge in [0.15, 0.2) is 0 Å². The fourth-order valence-electron chi connectivity index (χ4n) is 9.74. The van der Waals surface area contributed by atoms with Crippen LogP contribution in [0.4, 0.5) is 0 Å². The predicted octanol–water partition coefficient (Wildman–Crippen LogP) is 15.1. The number of benzene rings is 4. The molecular formula is C50H54Cl4Zr. The molecule has 0 fully saturated rings. The molecule has 0 saturated heterocycles. The molecule has 0 saturated carbocycles. The SMILES string of the molecule is CC1=CCC(C)(C)c2cc3c(cc21)-c1cc2c(cc1C3)C(C)(C)[CH]([Zr](=[CH]c1ccc(Cl)cc1)(=[CH]c1ccc(Cl)cc1)[C]1=CC(C(C)(C)C)=CC1)C=C2C.Cl.Cl. The Morgan fingerprint density at radius 1 is 0.673 bits per heavy atom. The first-order valence-corrected chi connectivity index (χ1v) is 25.6. The largest absolute Gasteiger partial charge is 0.147 e. The second-order valence-electron chi connectivity index (χ2n) is 18.4. The van der Waals surface area contributed by atoms with Gasteiger partial charge in [0.05, 0.1) is 0 Å². The molecule has 0 aliphatic heterocycles. The minimum Gasteiger partial charge on any atom is -0.147 e. The van der Waals surface area contributed by atoms with Crippen LogP contribution < -0.4 is 0 Å².